The minimum absolute atomic E-state index is 0.0655. The van der Waals surface area contributed by atoms with Crippen LogP contribution in [0.1, 0.15) is 21.5 Å². The smallest absolute Gasteiger partial charge is 0.416 e. The highest BCUT2D eigenvalue weighted by Gasteiger charge is 2.29. The second-order valence-electron chi connectivity index (χ2n) is 6.67. The fourth-order valence-corrected chi connectivity index (χ4v) is 3.53. The van der Waals surface area contributed by atoms with Crippen molar-refractivity contribution in [2.24, 2.45) is 0 Å². The Morgan fingerprint density at radius 1 is 0.969 bits per heavy atom. The second-order valence-corrected chi connectivity index (χ2v) is 7.95. The number of rotatable bonds is 6. The molecule has 168 valence electrons. The van der Waals surface area contributed by atoms with Crippen LogP contribution >= 0.6 is 34.8 Å². The number of benzene rings is 3. The number of alkyl halides is 3. The number of carbonyl (C=O) groups is 1. The molecule has 0 fully saturated rings. The lowest BCUT2D eigenvalue weighted by atomic mass is 10.1. The van der Waals surface area contributed by atoms with E-state index in [1.807, 2.05) is 0 Å². The van der Waals surface area contributed by atoms with Gasteiger partial charge in [0, 0.05) is 16.5 Å². The van der Waals surface area contributed by atoms with Crippen molar-refractivity contribution in [2.75, 3.05) is 11.9 Å². The molecule has 0 aliphatic heterocycles. The SMILES string of the molecule is O=C(Nc1cc(Cl)cc(Cl)c1OCCc1ccc(C(F)(F)F)cc1)c1cc(Cl)ccc1O. The zero-order chi connectivity index (χ0) is 23.5. The molecule has 0 unspecified atom stereocenters. The van der Waals surface area contributed by atoms with Gasteiger partial charge in [-0.2, -0.15) is 13.2 Å². The predicted molar refractivity (Wildman–Crippen MR) is 118 cm³/mol. The number of carbonyl (C=O) groups excluding carboxylic acids is 1. The van der Waals surface area contributed by atoms with Crippen LogP contribution < -0.4 is 10.1 Å². The average molecular weight is 505 g/mol. The Morgan fingerprint density at radius 2 is 1.66 bits per heavy atom. The molecule has 3 aromatic rings. The third-order valence-corrected chi connectivity index (χ3v) is 5.11. The van der Waals surface area contributed by atoms with Crippen LogP contribution in [0, 0.1) is 0 Å². The van der Waals surface area contributed by atoms with Gasteiger partial charge >= 0.3 is 6.18 Å². The van der Waals surface area contributed by atoms with Crippen LogP contribution in [0.3, 0.4) is 0 Å². The van der Waals surface area contributed by atoms with E-state index in [1.54, 1.807) is 0 Å². The molecule has 10 heteroatoms. The number of nitrogens with one attached hydrogen (secondary N) is 1. The normalized spacial score (nSPS) is 11.3. The van der Waals surface area contributed by atoms with Gasteiger partial charge < -0.3 is 15.2 Å². The summed E-state index contributed by atoms with van der Waals surface area (Å²) < 4.78 is 43.7. The third-order valence-electron chi connectivity index (χ3n) is 4.38. The van der Waals surface area contributed by atoms with E-state index in [9.17, 15) is 23.1 Å². The van der Waals surface area contributed by atoms with Crippen LogP contribution in [0.4, 0.5) is 18.9 Å². The van der Waals surface area contributed by atoms with Crippen molar-refractivity contribution < 1.29 is 27.8 Å². The molecule has 0 saturated carbocycles. The van der Waals surface area contributed by atoms with Gasteiger partial charge in [-0.1, -0.05) is 46.9 Å². The highest BCUT2D eigenvalue weighted by atomic mass is 35.5. The highest BCUT2D eigenvalue weighted by Crippen LogP contribution is 2.37. The van der Waals surface area contributed by atoms with E-state index in [2.05, 4.69) is 5.32 Å². The lowest BCUT2D eigenvalue weighted by molar-refractivity contribution is -0.137. The van der Waals surface area contributed by atoms with Gasteiger partial charge in [0.25, 0.3) is 5.91 Å². The molecular weight excluding hydrogens is 490 g/mol. The molecule has 0 bridgehead atoms. The Labute approximate surface area is 196 Å². The molecule has 0 heterocycles. The van der Waals surface area contributed by atoms with Gasteiger partial charge in [0.15, 0.2) is 5.75 Å². The van der Waals surface area contributed by atoms with Gasteiger partial charge in [0.05, 0.1) is 28.4 Å². The molecule has 0 radical (unpaired) electrons. The van der Waals surface area contributed by atoms with E-state index in [0.29, 0.717) is 12.0 Å². The van der Waals surface area contributed by atoms with Crippen molar-refractivity contribution in [2.45, 2.75) is 12.6 Å². The zero-order valence-corrected chi connectivity index (χ0v) is 18.4. The molecular formula is C22H15Cl3F3NO3. The van der Waals surface area contributed by atoms with Gasteiger partial charge in [-0.05, 0) is 48.0 Å². The summed E-state index contributed by atoms with van der Waals surface area (Å²) in [5.41, 5.74) is -0.0294. The van der Waals surface area contributed by atoms with Gasteiger partial charge in [0.2, 0.25) is 0 Å². The van der Waals surface area contributed by atoms with Crippen LogP contribution in [0.15, 0.2) is 54.6 Å². The van der Waals surface area contributed by atoms with Crippen molar-refractivity contribution in [3.8, 4) is 11.5 Å². The lowest BCUT2D eigenvalue weighted by Gasteiger charge is -2.15. The van der Waals surface area contributed by atoms with Crippen LogP contribution in [0.2, 0.25) is 15.1 Å². The summed E-state index contributed by atoms with van der Waals surface area (Å²) in [6.45, 7) is 0.0675. The van der Waals surface area contributed by atoms with E-state index < -0.39 is 17.6 Å². The van der Waals surface area contributed by atoms with Crippen molar-refractivity contribution >= 4 is 46.4 Å². The lowest BCUT2D eigenvalue weighted by Crippen LogP contribution is -2.14. The molecule has 2 N–H and O–H groups in total. The first-order chi connectivity index (χ1) is 15.0. The maximum atomic E-state index is 12.7. The van der Waals surface area contributed by atoms with Crippen LogP contribution in [0.5, 0.6) is 11.5 Å². The first-order valence-electron chi connectivity index (χ1n) is 9.12. The van der Waals surface area contributed by atoms with Gasteiger partial charge in [-0.15, -0.1) is 0 Å². The van der Waals surface area contributed by atoms with Gasteiger partial charge in [0.1, 0.15) is 5.75 Å². The average Bonchev–Trinajstić information content (AvgIpc) is 2.71. The summed E-state index contributed by atoms with van der Waals surface area (Å²) in [7, 11) is 0. The molecule has 0 atom stereocenters. The number of hydrogen-bond acceptors (Lipinski definition) is 3. The molecule has 0 aliphatic carbocycles. The van der Waals surface area contributed by atoms with Gasteiger partial charge in [-0.3, -0.25) is 4.79 Å². The Kier molecular flexibility index (Phi) is 7.44. The number of halogens is 6. The van der Waals surface area contributed by atoms with Crippen molar-refractivity contribution in [1.82, 2.24) is 0 Å². The first-order valence-corrected chi connectivity index (χ1v) is 10.3. The third kappa shape index (κ3) is 6.00. The molecule has 3 rings (SSSR count). The number of phenols is 1. The van der Waals surface area contributed by atoms with E-state index in [-0.39, 0.29) is 44.4 Å². The number of anilines is 1. The molecule has 3 aromatic carbocycles. The maximum Gasteiger partial charge on any atom is 0.416 e. The fourth-order valence-electron chi connectivity index (χ4n) is 2.81. The standard InChI is InChI=1S/C22H15Cl3F3NO3/c23-14-5-6-19(30)16(9-14)21(31)29-18-11-15(24)10-17(25)20(18)32-8-7-12-1-3-13(4-2-12)22(26,27)28/h1-6,9-11,30H,7-8H2,(H,29,31). The Morgan fingerprint density at radius 3 is 2.31 bits per heavy atom. The maximum absolute atomic E-state index is 12.7. The first kappa shape index (κ1) is 24.0. The summed E-state index contributed by atoms with van der Waals surface area (Å²) in [5, 5.41) is 13.1. The molecule has 0 saturated heterocycles. The van der Waals surface area contributed by atoms with Crippen LogP contribution in [-0.4, -0.2) is 17.6 Å². The number of aromatic hydroxyl groups is 1. The second kappa shape index (κ2) is 9.90. The highest BCUT2D eigenvalue weighted by molar-refractivity contribution is 6.36. The van der Waals surface area contributed by atoms with Crippen molar-refractivity contribution in [3.63, 3.8) is 0 Å². The number of hydrogen-bond donors (Lipinski definition) is 2. The Balaban J connectivity index is 1.74. The van der Waals surface area contributed by atoms with Crippen molar-refractivity contribution in [1.29, 1.82) is 0 Å². The minimum Gasteiger partial charge on any atom is -0.507 e. The Bertz CT molecular complexity index is 1140. The summed E-state index contributed by atoms with van der Waals surface area (Å²) >= 11 is 18.1. The summed E-state index contributed by atoms with van der Waals surface area (Å²) in [6, 6.07) is 11.6. The molecule has 4 nitrogen and oxygen atoms in total. The molecule has 0 aromatic heterocycles. The molecule has 0 aliphatic rings. The number of amides is 1. The van der Waals surface area contributed by atoms with E-state index >= 15 is 0 Å². The summed E-state index contributed by atoms with van der Waals surface area (Å²) in [4.78, 5) is 12.6. The number of ether oxygens (including phenoxy) is 1. The quantitative estimate of drug-likeness (QED) is 0.372. The van der Waals surface area contributed by atoms with E-state index in [4.69, 9.17) is 39.5 Å². The van der Waals surface area contributed by atoms with Crippen LogP contribution in [-0.2, 0) is 12.6 Å². The van der Waals surface area contributed by atoms with Crippen molar-refractivity contribution in [3.05, 3.63) is 86.4 Å². The fraction of sp³-hybridized carbons (Fsp3) is 0.136. The minimum atomic E-state index is -4.41. The molecule has 0 spiro atoms. The molecule has 1 amide bonds. The summed E-state index contributed by atoms with van der Waals surface area (Å²) in [5.74, 6) is -0.821. The Hall–Kier alpha value is -2.61. The largest absolute Gasteiger partial charge is 0.507 e. The summed E-state index contributed by atoms with van der Waals surface area (Å²) in [6.07, 6.45) is -4.12. The topological polar surface area (TPSA) is 58.6 Å². The monoisotopic (exact) mass is 503 g/mol. The van der Waals surface area contributed by atoms with E-state index in [1.165, 1.54) is 42.5 Å². The van der Waals surface area contributed by atoms with Crippen LogP contribution in [0.25, 0.3) is 0 Å². The number of phenolic OH excluding ortho intramolecular Hbond substituents is 1. The predicted octanol–water partition coefficient (Wildman–Crippen LogP) is 7.25. The zero-order valence-electron chi connectivity index (χ0n) is 16.1. The molecule has 32 heavy (non-hydrogen) atoms. The van der Waals surface area contributed by atoms with Gasteiger partial charge in [-0.25, -0.2) is 0 Å². The van der Waals surface area contributed by atoms with E-state index in [0.717, 1.165) is 12.1 Å².